The third kappa shape index (κ3) is 5.37. The van der Waals surface area contributed by atoms with Crippen molar-refractivity contribution in [1.29, 1.82) is 5.26 Å². The molecule has 0 aliphatic carbocycles. The van der Waals surface area contributed by atoms with Gasteiger partial charge in [0.05, 0.1) is 17.9 Å². The van der Waals surface area contributed by atoms with E-state index < -0.39 is 0 Å². The summed E-state index contributed by atoms with van der Waals surface area (Å²) < 4.78 is 11.1. The van der Waals surface area contributed by atoms with Crippen molar-refractivity contribution in [3.8, 4) is 22.9 Å². The van der Waals surface area contributed by atoms with Gasteiger partial charge in [-0.3, -0.25) is 4.98 Å². The van der Waals surface area contributed by atoms with Crippen molar-refractivity contribution in [1.82, 2.24) is 15.3 Å². The maximum atomic E-state index is 9.74. The largest absolute Gasteiger partial charge is 0.492 e. The number of fused-ring (bicyclic) bond motifs is 1. The Morgan fingerprint density at radius 1 is 1.03 bits per heavy atom. The summed E-state index contributed by atoms with van der Waals surface area (Å²) in [6.45, 7) is 7.63. The number of pyridine rings is 1. The number of anilines is 2. The summed E-state index contributed by atoms with van der Waals surface area (Å²) in [4.78, 5) is 7.53. The number of nitriles is 1. The van der Waals surface area contributed by atoms with Crippen LogP contribution < -0.4 is 15.4 Å². The molecule has 4 rings (SSSR count). The minimum Gasteiger partial charge on any atom is -0.492 e. The summed E-state index contributed by atoms with van der Waals surface area (Å²) in [7, 11) is 0. The zero-order valence-corrected chi connectivity index (χ0v) is 19.5. The quantitative estimate of drug-likeness (QED) is 0.271. The first-order valence-corrected chi connectivity index (χ1v) is 11.4. The number of aromatic amines is 1. The standard InChI is InChI=1S/C27H29N5O2/c1-3-33-14-12-29-13-15-34-22-6-4-20(5-7-22)24-18-30-17-21(16-28)27(24)32-25-8-9-26-23(19(25)2)10-11-31-26/h4-11,17-18,29,31H,3,12-15H2,1-2H3,(H,30,32). The first-order valence-electron chi connectivity index (χ1n) is 11.4. The van der Waals surface area contributed by atoms with Crippen LogP contribution in [0.1, 0.15) is 18.1 Å². The first kappa shape index (κ1) is 23.3. The van der Waals surface area contributed by atoms with E-state index in [1.54, 1.807) is 12.4 Å². The lowest BCUT2D eigenvalue weighted by molar-refractivity contribution is 0.148. The van der Waals surface area contributed by atoms with Crippen molar-refractivity contribution >= 4 is 22.3 Å². The second kappa shape index (κ2) is 11.3. The topological polar surface area (TPSA) is 95.0 Å². The SMILES string of the molecule is CCOCCNCCOc1ccc(-c2cncc(C#N)c2Nc2ccc3[nH]ccc3c2C)cc1. The van der Waals surface area contributed by atoms with Gasteiger partial charge in [-0.2, -0.15) is 5.26 Å². The highest BCUT2D eigenvalue weighted by atomic mass is 16.5. The molecule has 0 bridgehead atoms. The summed E-state index contributed by atoms with van der Waals surface area (Å²) in [5.74, 6) is 0.794. The molecule has 4 aromatic rings. The van der Waals surface area contributed by atoms with E-state index in [2.05, 4.69) is 39.7 Å². The highest BCUT2D eigenvalue weighted by Gasteiger charge is 2.14. The van der Waals surface area contributed by atoms with E-state index >= 15 is 0 Å². The minimum absolute atomic E-state index is 0.490. The van der Waals surface area contributed by atoms with Gasteiger partial charge in [0.2, 0.25) is 0 Å². The smallest absolute Gasteiger partial charge is 0.119 e. The number of hydrogen-bond acceptors (Lipinski definition) is 6. The van der Waals surface area contributed by atoms with E-state index in [9.17, 15) is 5.26 Å². The van der Waals surface area contributed by atoms with Gasteiger partial charge >= 0.3 is 0 Å². The molecule has 0 unspecified atom stereocenters. The van der Waals surface area contributed by atoms with Crippen LogP contribution in [0.2, 0.25) is 0 Å². The Morgan fingerprint density at radius 3 is 2.65 bits per heavy atom. The summed E-state index contributed by atoms with van der Waals surface area (Å²) in [6, 6.07) is 16.2. The maximum absolute atomic E-state index is 9.74. The van der Waals surface area contributed by atoms with Crippen molar-refractivity contribution in [3.63, 3.8) is 0 Å². The molecule has 0 spiro atoms. The number of hydrogen-bond donors (Lipinski definition) is 3. The van der Waals surface area contributed by atoms with Crippen molar-refractivity contribution in [2.45, 2.75) is 13.8 Å². The third-order valence-corrected chi connectivity index (χ3v) is 5.67. The number of nitrogens with zero attached hydrogens (tertiary/aromatic N) is 2. The Morgan fingerprint density at radius 2 is 1.85 bits per heavy atom. The summed E-state index contributed by atoms with van der Waals surface area (Å²) in [5.41, 5.74) is 6.19. The summed E-state index contributed by atoms with van der Waals surface area (Å²) >= 11 is 0. The Hall–Kier alpha value is -3.86. The number of aromatic nitrogens is 2. The van der Waals surface area contributed by atoms with Crippen LogP contribution in [-0.2, 0) is 4.74 Å². The van der Waals surface area contributed by atoms with E-state index in [4.69, 9.17) is 9.47 Å². The lowest BCUT2D eigenvalue weighted by atomic mass is 10.0. The van der Waals surface area contributed by atoms with E-state index in [-0.39, 0.29) is 0 Å². The molecule has 0 aliphatic rings. The number of rotatable bonds is 11. The van der Waals surface area contributed by atoms with Crippen LogP contribution >= 0.6 is 0 Å². The molecular formula is C27H29N5O2. The summed E-state index contributed by atoms with van der Waals surface area (Å²) in [5, 5.41) is 17.7. The van der Waals surface area contributed by atoms with Gasteiger partial charge < -0.3 is 25.1 Å². The van der Waals surface area contributed by atoms with E-state index in [0.29, 0.717) is 18.8 Å². The zero-order valence-electron chi connectivity index (χ0n) is 19.5. The Labute approximate surface area is 199 Å². The molecule has 0 atom stereocenters. The van der Waals surface area contributed by atoms with Gasteiger partial charge in [-0.15, -0.1) is 0 Å². The van der Waals surface area contributed by atoms with Gasteiger partial charge in [-0.1, -0.05) is 12.1 Å². The molecule has 0 amide bonds. The Balaban J connectivity index is 1.50. The van der Waals surface area contributed by atoms with Gasteiger partial charge in [0.1, 0.15) is 18.4 Å². The van der Waals surface area contributed by atoms with Crippen LogP contribution in [0, 0.1) is 18.3 Å². The van der Waals surface area contributed by atoms with Crippen molar-refractivity contribution < 1.29 is 9.47 Å². The van der Waals surface area contributed by atoms with Crippen LogP contribution in [-0.4, -0.2) is 42.9 Å². The molecule has 0 saturated carbocycles. The molecule has 2 heterocycles. The Bertz CT molecular complexity index is 1270. The average molecular weight is 456 g/mol. The van der Waals surface area contributed by atoms with Gasteiger partial charge in [0.25, 0.3) is 0 Å². The van der Waals surface area contributed by atoms with Crippen molar-refractivity contribution in [2.24, 2.45) is 0 Å². The fraction of sp³-hybridized carbons (Fsp3) is 0.259. The number of aryl methyl sites for hydroxylation is 1. The second-order valence-corrected chi connectivity index (χ2v) is 7.84. The third-order valence-electron chi connectivity index (χ3n) is 5.67. The molecule has 3 N–H and O–H groups in total. The lowest BCUT2D eigenvalue weighted by Gasteiger charge is -2.16. The Kier molecular flexibility index (Phi) is 7.76. The lowest BCUT2D eigenvalue weighted by Crippen LogP contribution is -2.24. The van der Waals surface area contributed by atoms with Crippen LogP contribution in [0.4, 0.5) is 11.4 Å². The molecule has 2 aromatic carbocycles. The molecule has 0 aliphatic heterocycles. The normalized spacial score (nSPS) is 10.9. The molecular weight excluding hydrogens is 426 g/mol. The fourth-order valence-corrected chi connectivity index (χ4v) is 3.84. The second-order valence-electron chi connectivity index (χ2n) is 7.84. The number of ether oxygens (including phenoxy) is 2. The molecule has 2 aromatic heterocycles. The molecule has 7 nitrogen and oxygen atoms in total. The number of nitrogens with one attached hydrogen (secondary N) is 3. The number of H-pyrrole nitrogens is 1. The number of benzene rings is 2. The fourth-order valence-electron chi connectivity index (χ4n) is 3.84. The first-order chi connectivity index (χ1) is 16.7. The van der Waals surface area contributed by atoms with Gasteiger partial charge in [-0.05, 0) is 55.3 Å². The van der Waals surface area contributed by atoms with Crippen molar-refractivity contribution in [2.75, 3.05) is 38.2 Å². The van der Waals surface area contributed by atoms with Crippen LogP contribution in [0.5, 0.6) is 5.75 Å². The predicted octanol–water partition coefficient (Wildman–Crippen LogP) is 5.16. The average Bonchev–Trinajstić information content (AvgIpc) is 3.35. The van der Waals surface area contributed by atoms with Gasteiger partial charge in [0, 0.05) is 60.4 Å². The van der Waals surface area contributed by atoms with Gasteiger partial charge in [-0.25, -0.2) is 0 Å². The summed E-state index contributed by atoms with van der Waals surface area (Å²) in [6.07, 6.45) is 5.30. The zero-order chi connectivity index (χ0) is 23.8. The molecule has 34 heavy (non-hydrogen) atoms. The van der Waals surface area contributed by atoms with E-state index in [1.165, 1.54) is 0 Å². The maximum Gasteiger partial charge on any atom is 0.119 e. The minimum atomic E-state index is 0.490. The van der Waals surface area contributed by atoms with Crippen LogP contribution in [0.25, 0.3) is 22.0 Å². The van der Waals surface area contributed by atoms with Crippen LogP contribution in [0.15, 0.2) is 61.1 Å². The molecule has 0 radical (unpaired) electrons. The molecule has 7 heteroatoms. The van der Waals surface area contributed by atoms with E-state index in [1.807, 2.05) is 49.5 Å². The van der Waals surface area contributed by atoms with E-state index in [0.717, 1.165) is 64.4 Å². The molecule has 0 saturated heterocycles. The van der Waals surface area contributed by atoms with Crippen molar-refractivity contribution in [3.05, 3.63) is 72.2 Å². The highest BCUT2D eigenvalue weighted by molar-refractivity contribution is 5.91. The predicted molar refractivity (Wildman–Crippen MR) is 136 cm³/mol. The highest BCUT2D eigenvalue weighted by Crippen LogP contribution is 2.35. The molecule has 174 valence electrons. The van der Waals surface area contributed by atoms with Crippen LogP contribution in [0.3, 0.4) is 0 Å². The van der Waals surface area contributed by atoms with Gasteiger partial charge in [0.15, 0.2) is 0 Å². The molecule has 0 fully saturated rings. The monoisotopic (exact) mass is 455 g/mol.